The molecule has 1 aliphatic heterocycles. The van der Waals surface area contributed by atoms with Gasteiger partial charge in [-0.3, -0.25) is 4.79 Å². The van der Waals surface area contributed by atoms with Crippen LogP contribution < -0.4 is 21.1 Å². The lowest BCUT2D eigenvalue weighted by molar-refractivity contribution is -0.118. The van der Waals surface area contributed by atoms with Crippen LogP contribution in [-0.4, -0.2) is 45.3 Å². The van der Waals surface area contributed by atoms with E-state index in [0.29, 0.717) is 5.76 Å². The monoisotopic (exact) mass is 377 g/mol. The highest BCUT2D eigenvalue weighted by atomic mass is 16.6. The minimum atomic E-state index is -0.667. The molecule has 11 nitrogen and oxygen atoms in total. The van der Waals surface area contributed by atoms with Gasteiger partial charge in [-0.15, -0.1) is 0 Å². The fourth-order valence-corrected chi connectivity index (χ4v) is 2.24. The Labute approximate surface area is 153 Å². The largest absolute Gasteiger partial charge is 0.465 e. The second-order valence-corrected chi connectivity index (χ2v) is 6.73. The fraction of sp³-hybridized carbons (Fsp3) is 0.438. The maximum atomic E-state index is 12.1. The number of alkyl carbamates (subject to hydrolysis) is 1. The second-order valence-electron chi connectivity index (χ2n) is 6.73. The molecule has 0 aliphatic carbocycles. The summed E-state index contributed by atoms with van der Waals surface area (Å²) in [5.41, 5.74) is -0.593. The normalized spacial score (nSPS) is 13.4. The molecular weight excluding hydrogens is 358 g/mol. The molecule has 11 heteroatoms. The van der Waals surface area contributed by atoms with Gasteiger partial charge in [0.1, 0.15) is 11.4 Å². The molecule has 2 amide bonds. The Hall–Kier alpha value is -3.37. The van der Waals surface area contributed by atoms with Gasteiger partial charge >= 0.3 is 11.8 Å². The van der Waals surface area contributed by atoms with Gasteiger partial charge in [-0.05, 0) is 20.8 Å². The Morgan fingerprint density at radius 2 is 2.19 bits per heavy atom. The van der Waals surface area contributed by atoms with E-state index in [1.807, 2.05) is 0 Å². The van der Waals surface area contributed by atoms with Crippen LogP contribution in [0.4, 0.5) is 10.6 Å². The lowest BCUT2D eigenvalue weighted by atomic mass is 10.2. The molecule has 0 atom stereocenters. The van der Waals surface area contributed by atoms with Crippen LogP contribution in [0.15, 0.2) is 21.6 Å². The van der Waals surface area contributed by atoms with Gasteiger partial charge in [0.2, 0.25) is 0 Å². The van der Waals surface area contributed by atoms with Gasteiger partial charge in [-0.25, -0.2) is 24.1 Å². The molecule has 27 heavy (non-hydrogen) atoms. The summed E-state index contributed by atoms with van der Waals surface area (Å²) in [7, 11) is 0. The number of carbonyl (C=O) groups is 2. The topological polar surface area (TPSA) is 138 Å². The predicted molar refractivity (Wildman–Crippen MR) is 92.0 cm³/mol. The van der Waals surface area contributed by atoms with Gasteiger partial charge in [0, 0.05) is 13.0 Å². The highest BCUT2D eigenvalue weighted by molar-refractivity contribution is 5.93. The van der Waals surface area contributed by atoms with E-state index >= 15 is 0 Å². The van der Waals surface area contributed by atoms with E-state index in [1.54, 1.807) is 20.8 Å². The standard InChI is InChI=1S/C16H19N5O6/c1-16(2,3)27-14(23)17-5-4-9-7-21(15(24)26-9)10-6-18-13-12(19-10)20-11(22)8-25-13/h6-7H,4-5,8H2,1-3H3,(H,17,23)(H,19,20,22). The molecule has 0 bridgehead atoms. The number of oxazole rings is 1. The first-order chi connectivity index (χ1) is 12.7. The van der Waals surface area contributed by atoms with Crippen LogP contribution in [0.5, 0.6) is 5.88 Å². The van der Waals surface area contributed by atoms with Crippen LogP contribution in [0.3, 0.4) is 0 Å². The molecule has 0 spiro atoms. The van der Waals surface area contributed by atoms with Gasteiger partial charge < -0.3 is 24.5 Å². The zero-order chi connectivity index (χ0) is 19.6. The molecule has 2 N–H and O–H groups in total. The van der Waals surface area contributed by atoms with E-state index in [1.165, 1.54) is 12.4 Å². The number of hydrogen-bond acceptors (Lipinski definition) is 8. The fourth-order valence-electron chi connectivity index (χ4n) is 2.24. The molecule has 0 saturated heterocycles. The van der Waals surface area contributed by atoms with Crippen molar-refractivity contribution in [3.63, 3.8) is 0 Å². The summed E-state index contributed by atoms with van der Waals surface area (Å²) in [6.07, 6.45) is 2.50. The maximum Gasteiger partial charge on any atom is 0.425 e. The van der Waals surface area contributed by atoms with E-state index in [9.17, 15) is 14.4 Å². The van der Waals surface area contributed by atoms with Gasteiger partial charge in [0.05, 0.1) is 12.4 Å². The Kier molecular flexibility index (Phi) is 4.84. The molecule has 0 unspecified atom stereocenters. The summed E-state index contributed by atoms with van der Waals surface area (Å²) in [5, 5.41) is 5.09. The van der Waals surface area contributed by atoms with Crippen molar-refractivity contribution >= 4 is 17.8 Å². The van der Waals surface area contributed by atoms with E-state index in [2.05, 4.69) is 20.6 Å². The second kappa shape index (κ2) is 7.09. The van der Waals surface area contributed by atoms with E-state index in [4.69, 9.17) is 13.9 Å². The maximum absolute atomic E-state index is 12.1. The van der Waals surface area contributed by atoms with E-state index < -0.39 is 17.5 Å². The van der Waals surface area contributed by atoms with Crippen LogP contribution in [0.1, 0.15) is 26.5 Å². The molecule has 3 rings (SSSR count). The van der Waals surface area contributed by atoms with Crippen molar-refractivity contribution in [2.45, 2.75) is 32.8 Å². The molecule has 1 aliphatic rings. The van der Waals surface area contributed by atoms with Crippen molar-refractivity contribution in [1.29, 1.82) is 0 Å². The summed E-state index contributed by atoms with van der Waals surface area (Å²) < 4.78 is 16.5. The third-order valence-corrected chi connectivity index (χ3v) is 3.30. The molecule has 2 aromatic heterocycles. The Balaban J connectivity index is 1.67. The smallest absolute Gasteiger partial charge is 0.425 e. The minimum absolute atomic E-state index is 0.130. The van der Waals surface area contributed by atoms with Gasteiger partial charge in [-0.2, -0.15) is 0 Å². The summed E-state index contributed by atoms with van der Waals surface area (Å²) in [4.78, 5) is 43.2. The first kappa shape index (κ1) is 18.4. The lowest BCUT2D eigenvalue weighted by Gasteiger charge is -2.19. The van der Waals surface area contributed by atoms with Crippen LogP contribution in [-0.2, 0) is 16.0 Å². The van der Waals surface area contributed by atoms with Crippen molar-refractivity contribution in [2.75, 3.05) is 18.5 Å². The average molecular weight is 377 g/mol. The number of carbonyl (C=O) groups excluding carboxylic acids is 2. The summed E-state index contributed by atoms with van der Waals surface area (Å²) in [6.45, 7) is 5.37. The summed E-state index contributed by atoms with van der Waals surface area (Å²) in [6, 6.07) is 0. The zero-order valence-electron chi connectivity index (χ0n) is 15.1. The highest BCUT2D eigenvalue weighted by Gasteiger charge is 2.20. The quantitative estimate of drug-likeness (QED) is 0.791. The third-order valence-electron chi connectivity index (χ3n) is 3.30. The minimum Gasteiger partial charge on any atom is -0.465 e. The van der Waals surface area contributed by atoms with Crippen molar-refractivity contribution in [2.24, 2.45) is 0 Å². The number of ether oxygens (including phenoxy) is 2. The van der Waals surface area contributed by atoms with Crippen molar-refractivity contribution in [1.82, 2.24) is 19.9 Å². The van der Waals surface area contributed by atoms with E-state index in [-0.39, 0.29) is 43.0 Å². The number of nitrogens with one attached hydrogen (secondary N) is 2. The van der Waals surface area contributed by atoms with Crippen molar-refractivity contribution in [3.8, 4) is 11.7 Å². The number of fused-ring (bicyclic) bond motifs is 1. The lowest BCUT2D eigenvalue weighted by Crippen LogP contribution is -2.33. The first-order valence-corrected chi connectivity index (χ1v) is 8.19. The molecule has 144 valence electrons. The van der Waals surface area contributed by atoms with Crippen LogP contribution in [0.2, 0.25) is 0 Å². The van der Waals surface area contributed by atoms with Crippen molar-refractivity contribution < 1.29 is 23.5 Å². The van der Waals surface area contributed by atoms with Crippen molar-refractivity contribution in [3.05, 3.63) is 28.7 Å². The van der Waals surface area contributed by atoms with Gasteiger partial charge in [0.15, 0.2) is 18.2 Å². The van der Waals surface area contributed by atoms with Gasteiger partial charge in [-0.1, -0.05) is 0 Å². The van der Waals surface area contributed by atoms with Crippen LogP contribution in [0.25, 0.3) is 5.82 Å². The van der Waals surface area contributed by atoms with Crippen LogP contribution in [0, 0.1) is 0 Å². The Bertz CT molecular complexity index is 926. The Morgan fingerprint density at radius 1 is 1.41 bits per heavy atom. The van der Waals surface area contributed by atoms with E-state index in [0.717, 1.165) is 4.57 Å². The number of rotatable bonds is 4. The SMILES string of the molecule is CC(C)(C)OC(=O)NCCc1cn(-c2cnc3c(n2)NC(=O)CO3)c(=O)o1. The number of hydrogen-bond donors (Lipinski definition) is 2. The molecule has 2 aromatic rings. The molecule has 0 saturated carbocycles. The number of aromatic nitrogens is 3. The third kappa shape index (κ3) is 4.63. The zero-order valence-corrected chi connectivity index (χ0v) is 15.1. The highest BCUT2D eigenvalue weighted by Crippen LogP contribution is 2.23. The first-order valence-electron chi connectivity index (χ1n) is 8.19. The average Bonchev–Trinajstić information content (AvgIpc) is 2.93. The number of amides is 2. The van der Waals surface area contributed by atoms with Gasteiger partial charge in [0.25, 0.3) is 11.8 Å². The summed E-state index contributed by atoms with van der Waals surface area (Å²) >= 11 is 0. The molecule has 0 aromatic carbocycles. The molecule has 3 heterocycles. The number of anilines is 1. The molecular formula is C16H19N5O6. The molecule has 0 fully saturated rings. The Morgan fingerprint density at radius 3 is 2.93 bits per heavy atom. The molecule has 0 radical (unpaired) electrons. The predicted octanol–water partition coefficient (Wildman–Crippen LogP) is 0.619. The summed E-state index contributed by atoms with van der Waals surface area (Å²) in [5.74, 6) is -0.209. The number of nitrogens with zero attached hydrogens (tertiary/aromatic N) is 3. The van der Waals surface area contributed by atoms with Crippen LogP contribution >= 0.6 is 0 Å².